The Labute approximate surface area is 171 Å². The Balaban J connectivity index is 2.07. The molecule has 2 heterocycles. The summed E-state index contributed by atoms with van der Waals surface area (Å²) in [7, 11) is 0. The quantitative estimate of drug-likeness (QED) is 0.573. The molecule has 1 aromatic carbocycles. The van der Waals surface area contributed by atoms with E-state index in [0.29, 0.717) is 29.3 Å². The third-order valence-corrected chi connectivity index (χ3v) is 6.50. The SMILES string of the molecule is CSc1ccc(-c2ccncc2C2SCC(=O)N2CC(C)C)cc1C(F)(F)F. The van der Waals surface area contributed by atoms with Gasteiger partial charge in [-0.25, -0.2) is 0 Å². The number of thioether (sulfide) groups is 2. The number of halogens is 3. The number of carbonyl (C=O) groups is 1. The number of amides is 1. The van der Waals surface area contributed by atoms with Crippen LogP contribution in [-0.2, 0) is 11.0 Å². The number of aromatic nitrogens is 1. The van der Waals surface area contributed by atoms with Gasteiger partial charge in [-0.3, -0.25) is 9.78 Å². The first-order valence-electron chi connectivity index (χ1n) is 8.83. The van der Waals surface area contributed by atoms with Gasteiger partial charge in [0.1, 0.15) is 5.37 Å². The van der Waals surface area contributed by atoms with E-state index in [-0.39, 0.29) is 16.2 Å². The van der Waals surface area contributed by atoms with E-state index in [2.05, 4.69) is 4.98 Å². The highest BCUT2D eigenvalue weighted by molar-refractivity contribution is 8.00. The lowest BCUT2D eigenvalue weighted by atomic mass is 9.98. The van der Waals surface area contributed by atoms with E-state index in [9.17, 15) is 18.0 Å². The highest BCUT2D eigenvalue weighted by Crippen LogP contribution is 2.44. The van der Waals surface area contributed by atoms with Gasteiger partial charge in [-0.15, -0.1) is 23.5 Å². The van der Waals surface area contributed by atoms with Crippen molar-refractivity contribution in [1.82, 2.24) is 9.88 Å². The second kappa shape index (κ2) is 8.37. The maximum atomic E-state index is 13.5. The molecule has 1 amide bonds. The summed E-state index contributed by atoms with van der Waals surface area (Å²) in [6.45, 7) is 4.67. The third kappa shape index (κ3) is 4.33. The summed E-state index contributed by atoms with van der Waals surface area (Å²) in [5, 5.41) is -0.242. The van der Waals surface area contributed by atoms with Crippen molar-refractivity contribution in [2.45, 2.75) is 30.3 Å². The molecule has 3 rings (SSSR count). The molecule has 1 aliphatic heterocycles. The fraction of sp³-hybridized carbons (Fsp3) is 0.400. The van der Waals surface area contributed by atoms with Gasteiger partial charge in [0.15, 0.2) is 0 Å². The van der Waals surface area contributed by atoms with Crippen molar-refractivity contribution in [2.24, 2.45) is 5.92 Å². The molecule has 3 nitrogen and oxygen atoms in total. The normalized spacial score (nSPS) is 17.6. The molecule has 150 valence electrons. The van der Waals surface area contributed by atoms with E-state index < -0.39 is 11.7 Å². The summed E-state index contributed by atoms with van der Waals surface area (Å²) in [5.41, 5.74) is 1.28. The van der Waals surface area contributed by atoms with Crippen LogP contribution in [-0.4, -0.2) is 34.3 Å². The standard InChI is InChI=1S/C20H21F3N2OS2/c1-12(2)10-25-18(26)11-28-19(25)15-9-24-7-6-14(15)13-4-5-17(27-3)16(8-13)20(21,22)23/h4-9,12,19H,10-11H2,1-3H3. The molecule has 1 aliphatic rings. The molecule has 1 aromatic heterocycles. The van der Waals surface area contributed by atoms with Gasteiger partial charge in [0.05, 0.1) is 11.3 Å². The largest absolute Gasteiger partial charge is 0.417 e. The fourth-order valence-corrected chi connectivity index (χ4v) is 5.08. The first-order valence-corrected chi connectivity index (χ1v) is 11.1. The Morgan fingerprint density at radius 3 is 2.71 bits per heavy atom. The lowest BCUT2D eigenvalue weighted by Crippen LogP contribution is -2.32. The maximum absolute atomic E-state index is 13.5. The Bertz CT molecular complexity index is 871. The number of rotatable bonds is 5. The molecule has 0 radical (unpaired) electrons. The van der Waals surface area contributed by atoms with Crippen molar-refractivity contribution in [3.8, 4) is 11.1 Å². The van der Waals surface area contributed by atoms with Crippen LogP contribution in [0.4, 0.5) is 13.2 Å². The van der Waals surface area contributed by atoms with Crippen molar-refractivity contribution in [3.63, 3.8) is 0 Å². The minimum atomic E-state index is -4.43. The van der Waals surface area contributed by atoms with Crippen molar-refractivity contribution in [2.75, 3.05) is 18.6 Å². The lowest BCUT2D eigenvalue weighted by molar-refractivity contribution is -0.139. The first-order chi connectivity index (χ1) is 13.2. The summed E-state index contributed by atoms with van der Waals surface area (Å²) in [4.78, 5) is 18.5. The van der Waals surface area contributed by atoms with Crippen molar-refractivity contribution in [3.05, 3.63) is 47.8 Å². The van der Waals surface area contributed by atoms with Gasteiger partial charge in [-0.2, -0.15) is 13.2 Å². The molecule has 0 spiro atoms. The zero-order chi connectivity index (χ0) is 20.5. The van der Waals surface area contributed by atoms with E-state index >= 15 is 0 Å². The molecule has 1 atom stereocenters. The second-order valence-electron chi connectivity index (χ2n) is 6.98. The van der Waals surface area contributed by atoms with Gasteiger partial charge < -0.3 is 4.90 Å². The predicted molar refractivity (Wildman–Crippen MR) is 108 cm³/mol. The van der Waals surface area contributed by atoms with Crippen LogP contribution < -0.4 is 0 Å². The number of nitrogens with zero attached hydrogens (tertiary/aromatic N) is 2. The summed E-state index contributed by atoms with van der Waals surface area (Å²) in [5.74, 6) is 0.709. The molecule has 1 saturated heterocycles. The Kier molecular flexibility index (Phi) is 6.29. The molecule has 0 saturated carbocycles. The number of benzene rings is 1. The Morgan fingerprint density at radius 1 is 1.32 bits per heavy atom. The highest BCUT2D eigenvalue weighted by atomic mass is 32.2. The van der Waals surface area contributed by atoms with Crippen LogP contribution in [0, 0.1) is 5.92 Å². The monoisotopic (exact) mass is 426 g/mol. The number of carbonyl (C=O) groups excluding carboxylic acids is 1. The first kappa shape index (κ1) is 21.0. The molecule has 8 heteroatoms. The van der Waals surface area contributed by atoms with Crippen molar-refractivity contribution >= 4 is 29.4 Å². The molecular formula is C20H21F3N2OS2. The van der Waals surface area contributed by atoms with Crippen molar-refractivity contribution < 1.29 is 18.0 Å². The van der Waals surface area contributed by atoms with Crippen LogP contribution in [0.2, 0.25) is 0 Å². The van der Waals surface area contributed by atoms with Crippen LogP contribution in [0.5, 0.6) is 0 Å². The highest BCUT2D eigenvalue weighted by Gasteiger charge is 2.36. The van der Waals surface area contributed by atoms with Crippen molar-refractivity contribution in [1.29, 1.82) is 0 Å². The molecule has 1 fully saturated rings. The molecular weight excluding hydrogens is 405 g/mol. The number of hydrogen-bond donors (Lipinski definition) is 0. The Morgan fingerprint density at radius 2 is 2.07 bits per heavy atom. The topological polar surface area (TPSA) is 33.2 Å². The summed E-state index contributed by atoms with van der Waals surface area (Å²) in [6, 6.07) is 6.12. The summed E-state index contributed by atoms with van der Waals surface area (Å²) < 4.78 is 40.5. The third-order valence-electron chi connectivity index (χ3n) is 4.46. The summed E-state index contributed by atoms with van der Waals surface area (Å²) in [6.07, 6.45) is 0.438. The number of hydrogen-bond acceptors (Lipinski definition) is 4. The zero-order valence-corrected chi connectivity index (χ0v) is 17.4. The minimum absolute atomic E-state index is 0.0483. The van der Waals surface area contributed by atoms with Crippen LogP contribution in [0.25, 0.3) is 11.1 Å². The maximum Gasteiger partial charge on any atom is 0.417 e. The average Bonchev–Trinajstić information content (AvgIpc) is 3.00. The van der Waals surface area contributed by atoms with E-state index in [1.165, 1.54) is 23.9 Å². The molecule has 28 heavy (non-hydrogen) atoms. The zero-order valence-electron chi connectivity index (χ0n) is 15.8. The minimum Gasteiger partial charge on any atom is -0.325 e. The molecule has 0 bridgehead atoms. The van der Waals surface area contributed by atoms with E-state index in [4.69, 9.17) is 0 Å². The smallest absolute Gasteiger partial charge is 0.325 e. The van der Waals surface area contributed by atoms with Gasteiger partial charge in [-0.1, -0.05) is 19.9 Å². The van der Waals surface area contributed by atoms with Gasteiger partial charge in [-0.05, 0) is 41.5 Å². The Hall–Kier alpha value is -1.67. The van der Waals surface area contributed by atoms with Crippen LogP contribution >= 0.6 is 23.5 Å². The van der Waals surface area contributed by atoms with Gasteiger partial charge in [0, 0.05) is 29.4 Å². The lowest BCUT2D eigenvalue weighted by Gasteiger charge is -2.27. The van der Waals surface area contributed by atoms with Gasteiger partial charge >= 0.3 is 6.18 Å². The molecule has 0 aliphatic carbocycles. The van der Waals surface area contributed by atoms with E-state index in [0.717, 1.165) is 17.3 Å². The predicted octanol–water partition coefficient (Wildman–Crippen LogP) is 5.72. The fourth-order valence-electron chi connectivity index (χ4n) is 3.27. The summed E-state index contributed by atoms with van der Waals surface area (Å²) >= 11 is 2.56. The average molecular weight is 427 g/mol. The molecule has 2 aromatic rings. The van der Waals surface area contributed by atoms with E-state index in [1.54, 1.807) is 35.7 Å². The van der Waals surface area contributed by atoms with Crippen LogP contribution in [0.1, 0.15) is 30.3 Å². The van der Waals surface area contributed by atoms with Gasteiger partial charge in [0.25, 0.3) is 0 Å². The van der Waals surface area contributed by atoms with Gasteiger partial charge in [0.2, 0.25) is 5.91 Å². The van der Waals surface area contributed by atoms with E-state index in [1.807, 2.05) is 13.8 Å². The van der Waals surface area contributed by atoms with Crippen LogP contribution in [0.3, 0.4) is 0 Å². The number of pyridine rings is 1. The van der Waals surface area contributed by atoms with Crippen LogP contribution in [0.15, 0.2) is 41.6 Å². The molecule has 0 N–H and O–H groups in total. The molecule has 1 unspecified atom stereocenters. The second-order valence-corrected chi connectivity index (χ2v) is 8.90. The number of alkyl halides is 3.